The van der Waals surface area contributed by atoms with Gasteiger partial charge >= 0.3 is 6.03 Å². The van der Waals surface area contributed by atoms with Crippen LogP contribution in [0.2, 0.25) is 0 Å². The van der Waals surface area contributed by atoms with Crippen molar-refractivity contribution in [1.82, 2.24) is 25.3 Å². The van der Waals surface area contributed by atoms with E-state index in [1.807, 2.05) is 30.5 Å². The number of benzene rings is 3. The molecule has 2 aliphatic heterocycles. The number of nitrogens with zero attached hydrogens (tertiary/aromatic N) is 3. The molecule has 190 valence electrons. The second kappa shape index (κ2) is 8.17. The van der Waals surface area contributed by atoms with Crippen LogP contribution < -0.4 is 10.6 Å². The van der Waals surface area contributed by atoms with E-state index in [4.69, 9.17) is 0 Å². The number of carbonyl (C=O) groups is 3. The van der Waals surface area contributed by atoms with E-state index in [0.717, 1.165) is 40.1 Å². The summed E-state index contributed by atoms with van der Waals surface area (Å²) < 4.78 is 2.07. The smallest absolute Gasteiger partial charge is 0.322 e. The zero-order valence-electron chi connectivity index (χ0n) is 20.5. The van der Waals surface area contributed by atoms with Crippen LogP contribution in [0.4, 0.5) is 4.79 Å². The topological polar surface area (TPSA) is 117 Å². The van der Waals surface area contributed by atoms with Gasteiger partial charge in [-0.1, -0.05) is 36.4 Å². The Morgan fingerprint density at radius 1 is 0.974 bits per heavy atom. The van der Waals surface area contributed by atoms with Crippen molar-refractivity contribution in [1.29, 1.82) is 0 Å². The van der Waals surface area contributed by atoms with E-state index in [9.17, 15) is 19.5 Å². The average Bonchev–Trinajstić information content (AvgIpc) is 3.47. The van der Waals surface area contributed by atoms with Crippen molar-refractivity contribution in [2.75, 3.05) is 6.54 Å². The summed E-state index contributed by atoms with van der Waals surface area (Å²) in [6, 6.07) is 17.8. The van der Waals surface area contributed by atoms with Gasteiger partial charge in [-0.25, -0.2) is 4.79 Å². The number of fused-ring (bicyclic) bond motifs is 2. The maximum atomic E-state index is 13.1. The molecule has 7 rings (SSSR count). The van der Waals surface area contributed by atoms with Crippen LogP contribution in [0.1, 0.15) is 34.3 Å². The number of hydrogen-bond acceptors (Lipinski definition) is 5. The lowest BCUT2D eigenvalue weighted by atomic mass is 9.88. The van der Waals surface area contributed by atoms with Crippen LogP contribution in [0.3, 0.4) is 0 Å². The summed E-state index contributed by atoms with van der Waals surface area (Å²) in [6.45, 7) is 1.20. The monoisotopic (exact) mass is 507 g/mol. The molecule has 3 heterocycles. The molecule has 2 fully saturated rings. The molecule has 9 nitrogen and oxygen atoms in total. The fraction of sp³-hybridized carbons (Fsp3) is 0.241. The Morgan fingerprint density at radius 3 is 2.50 bits per heavy atom. The fourth-order valence-electron chi connectivity index (χ4n) is 5.57. The Bertz CT molecular complexity index is 1640. The van der Waals surface area contributed by atoms with Crippen LogP contribution >= 0.6 is 0 Å². The number of phenolic OH excluding ortho intramolecular Hbond substituents is 1. The SMILES string of the molecule is O=C1NC(=O)[C@](CN2Cc3ccc(O)cc3C2=O)(c2ccc(-c3ccc4c(cnn4CC4CC4)c3)cc2)N1. The van der Waals surface area contributed by atoms with Crippen molar-refractivity contribution in [2.24, 2.45) is 5.92 Å². The predicted molar refractivity (Wildman–Crippen MR) is 139 cm³/mol. The minimum Gasteiger partial charge on any atom is -0.508 e. The second-order valence-electron chi connectivity index (χ2n) is 10.4. The van der Waals surface area contributed by atoms with E-state index in [1.54, 1.807) is 6.07 Å². The number of hydrogen-bond donors (Lipinski definition) is 3. The molecular formula is C29H25N5O4. The highest BCUT2D eigenvalue weighted by Crippen LogP contribution is 2.35. The third-order valence-corrected chi connectivity index (χ3v) is 7.82. The van der Waals surface area contributed by atoms with Gasteiger partial charge in [0.15, 0.2) is 5.54 Å². The molecule has 1 saturated heterocycles. The number of carbonyl (C=O) groups excluding carboxylic acids is 3. The molecule has 3 N–H and O–H groups in total. The number of rotatable bonds is 6. The molecule has 38 heavy (non-hydrogen) atoms. The molecule has 0 spiro atoms. The molecule has 4 aromatic rings. The highest BCUT2D eigenvalue weighted by molar-refractivity contribution is 6.08. The van der Waals surface area contributed by atoms with E-state index in [-0.39, 0.29) is 24.7 Å². The molecule has 1 aliphatic carbocycles. The van der Waals surface area contributed by atoms with Gasteiger partial charge in [0.25, 0.3) is 11.8 Å². The van der Waals surface area contributed by atoms with E-state index >= 15 is 0 Å². The molecule has 9 heteroatoms. The Morgan fingerprint density at radius 2 is 1.76 bits per heavy atom. The lowest BCUT2D eigenvalue weighted by Crippen LogP contribution is -2.52. The zero-order valence-corrected chi connectivity index (χ0v) is 20.5. The van der Waals surface area contributed by atoms with Crippen molar-refractivity contribution in [3.63, 3.8) is 0 Å². The van der Waals surface area contributed by atoms with E-state index in [0.29, 0.717) is 11.1 Å². The molecule has 3 aliphatic rings. The minimum atomic E-state index is -1.43. The third-order valence-electron chi connectivity index (χ3n) is 7.82. The van der Waals surface area contributed by atoms with Crippen molar-refractivity contribution in [3.05, 3.63) is 83.6 Å². The molecule has 3 aromatic carbocycles. The molecule has 0 unspecified atom stereocenters. The highest BCUT2D eigenvalue weighted by Gasteiger charge is 2.50. The first-order chi connectivity index (χ1) is 18.4. The molecule has 0 bridgehead atoms. The first-order valence-corrected chi connectivity index (χ1v) is 12.7. The zero-order chi connectivity index (χ0) is 26.0. The van der Waals surface area contributed by atoms with Gasteiger partial charge in [-0.15, -0.1) is 0 Å². The standard InChI is InChI=1S/C29H25N5O4/c35-23-9-5-20-15-33(26(36)24(20)12-23)16-29(27(37)31-28(38)32-29)22-7-3-18(4-8-22)19-6-10-25-21(11-19)13-30-34(25)14-17-1-2-17/h3-13,17,35H,1-2,14-16H2,(H2,31,32,37,38)/t29-/m0/s1. The lowest BCUT2D eigenvalue weighted by Gasteiger charge is -2.31. The van der Waals surface area contributed by atoms with Crippen LogP contribution in [0, 0.1) is 5.92 Å². The highest BCUT2D eigenvalue weighted by atomic mass is 16.3. The van der Waals surface area contributed by atoms with Crippen molar-refractivity contribution >= 4 is 28.7 Å². The summed E-state index contributed by atoms with van der Waals surface area (Å²) in [4.78, 5) is 40.0. The van der Waals surface area contributed by atoms with E-state index < -0.39 is 17.5 Å². The van der Waals surface area contributed by atoms with Crippen molar-refractivity contribution in [3.8, 4) is 16.9 Å². The summed E-state index contributed by atoms with van der Waals surface area (Å²) in [6.07, 6.45) is 4.44. The molecule has 1 atom stereocenters. The number of aromatic hydroxyl groups is 1. The van der Waals surface area contributed by atoms with Gasteiger partial charge in [0.2, 0.25) is 0 Å². The maximum absolute atomic E-state index is 13.1. The molecule has 4 amide bonds. The summed E-state index contributed by atoms with van der Waals surface area (Å²) in [5.41, 5.74) is 3.42. The van der Waals surface area contributed by atoms with Gasteiger partial charge in [0.1, 0.15) is 5.75 Å². The number of phenols is 1. The summed E-state index contributed by atoms with van der Waals surface area (Å²) >= 11 is 0. The number of imide groups is 1. The van der Waals surface area contributed by atoms with Crippen molar-refractivity contribution < 1.29 is 19.5 Å². The van der Waals surface area contributed by atoms with Crippen LogP contribution in [0.5, 0.6) is 5.75 Å². The maximum Gasteiger partial charge on any atom is 0.322 e. The Labute approximate surface area is 218 Å². The van der Waals surface area contributed by atoms with Crippen LogP contribution in [0.25, 0.3) is 22.0 Å². The third kappa shape index (κ3) is 3.61. The molecule has 1 saturated carbocycles. The minimum absolute atomic E-state index is 0.00427. The molecular weight excluding hydrogens is 482 g/mol. The van der Waals surface area contributed by atoms with Crippen LogP contribution in [0.15, 0.2) is 66.9 Å². The predicted octanol–water partition coefficient (Wildman–Crippen LogP) is 3.51. The summed E-state index contributed by atoms with van der Waals surface area (Å²) in [7, 11) is 0. The number of urea groups is 1. The Hall–Kier alpha value is -4.66. The molecule has 1 aromatic heterocycles. The van der Waals surface area contributed by atoms with Gasteiger partial charge < -0.3 is 15.3 Å². The van der Waals surface area contributed by atoms with Gasteiger partial charge in [-0.3, -0.25) is 19.6 Å². The number of amides is 4. The van der Waals surface area contributed by atoms with E-state index in [2.05, 4.69) is 38.6 Å². The Balaban J connectivity index is 1.18. The first kappa shape index (κ1) is 22.5. The summed E-state index contributed by atoms with van der Waals surface area (Å²) in [5, 5.41) is 20.6. The Kier molecular flexibility index (Phi) is 4.85. The van der Waals surface area contributed by atoms with Crippen molar-refractivity contribution in [2.45, 2.75) is 31.5 Å². The van der Waals surface area contributed by atoms with Gasteiger partial charge in [0, 0.05) is 24.0 Å². The second-order valence-corrected chi connectivity index (χ2v) is 10.4. The largest absolute Gasteiger partial charge is 0.508 e. The number of aromatic nitrogens is 2. The lowest BCUT2D eigenvalue weighted by molar-refractivity contribution is -0.124. The quantitative estimate of drug-likeness (QED) is 0.346. The van der Waals surface area contributed by atoms with Crippen LogP contribution in [-0.2, 0) is 23.4 Å². The average molecular weight is 508 g/mol. The first-order valence-electron chi connectivity index (χ1n) is 12.7. The van der Waals surface area contributed by atoms with E-state index in [1.165, 1.54) is 29.9 Å². The normalized spacial score (nSPS) is 20.6. The van der Waals surface area contributed by atoms with Gasteiger partial charge in [0.05, 0.1) is 18.3 Å². The van der Waals surface area contributed by atoms with Gasteiger partial charge in [-0.2, -0.15) is 5.10 Å². The van der Waals surface area contributed by atoms with Gasteiger partial charge in [-0.05, 0) is 65.3 Å². The number of nitrogens with one attached hydrogen (secondary N) is 2. The van der Waals surface area contributed by atoms with Crippen LogP contribution in [-0.4, -0.2) is 44.2 Å². The fourth-order valence-corrected chi connectivity index (χ4v) is 5.57. The summed E-state index contributed by atoms with van der Waals surface area (Å²) in [5.74, 6) is -0.0598. The molecule has 0 radical (unpaired) electrons.